The Hall–Kier alpha value is -0.570. The number of rotatable bonds is 4. The van der Waals surface area contributed by atoms with Crippen LogP contribution in [0.3, 0.4) is 0 Å². The van der Waals surface area contributed by atoms with Crippen molar-refractivity contribution in [2.75, 3.05) is 13.1 Å². The molecule has 1 aliphatic heterocycles. The van der Waals surface area contributed by atoms with Crippen molar-refractivity contribution in [3.8, 4) is 0 Å². The average Bonchev–Trinajstić information content (AvgIpc) is 2.99. The highest BCUT2D eigenvalue weighted by atomic mass is 16.1. The van der Waals surface area contributed by atoms with Gasteiger partial charge in [-0.15, -0.1) is 0 Å². The van der Waals surface area contributed by atoms with Crippen molar-refractivity contribution in [3.63, 3.8) is 0 Å². The molecule has 0 radical (unpaired) electrons. The molecule has 2 aliphatic carbocycles. The van der Waals surface area contributed by atoms with Gasteiger partial charge in [-0.1, -0.05) is 25.7 Å². The molecule has 2 saturated carbocycles. The lowest BCUT2D eigenvalue weighted by atomic mass is 9.88. The van der Waals surface area contributed by atoms with E-state index in [0.717, 1.165) is 24.4 Å². The molecule has 2 atom stereocenters. The highest BCUT2D eigenvalue weighted by Gasteiger charge is 2.35. The molecule has 3 aliphatic rings. The standard InChI is InChI=1S/C16H28N2O/c1-12(19)17-15-9-14(8-13-6-7-13)10-18(11-15)16-4-2-3-5-16/h13-16H,2-11H2,1H3,(H,17,19). The first-order valence-electron chi connectivity index (χ1n) is 8.22. The van der Waals surface area contributed by atoms with Gasteiger partial charge < -0.3 is 5.32 Å². The van der Waals surface area contributed by atoms with Crippen LogP contribution in [-0.2, 0) is 4.79 Å². The van der Waals surface area contributed by atoms with Gasteiger partial charge in [-0.05, 0) is 37.5 Å². The molecule has 0 aromatic carbocycles. The highest BCUT2D eigenvalue weighted by Crippen LogP contribution is 2.38. The van der Waals surface area contributed by atoms with Gasteiger partial charge >= 0.3 is 0 Å². The van der Waals surface area contributed by atoms with E-state index in [1.165, 1.54) is 57.9 Å². The number of nitrogens with one attached hydrogen (secondary N) is 1. The van der Waals surface area contributed by atoms with Crippen LogP contribution in [0.5, 0.6) is 0 Å². The number of hydrogen-bond donors (Lipinski definition) is 1. The van der Waals surface area contributed by atoms with E-state index in [0.29, 0.717) is 6.04 Å². The fourth-order valence-electron chi connectivity index (χ4n) is 4.20. The van der Waals surface area contributed by atoms with E-state index in [1.807, 2.05) is 0 Å². The van der Waals surface area contributed by atoms with Crippen LogP contribution in [0.25, 0.3) is 0 Å². The third-order valence-electron chi connectivity index (χ3n) is 5.18. The van der Waals surface area contributed by atoms with Crippen LogP contribution in [0.2, 0.25) is 0 Å². The Bertz CT molecular complexity index is 321. The molecule has 2 unspecified atom stereocenters. The Morgan fingerprint density at radius 2 is 1.84 bits per heavy atom. The van der Waals surface area contributed by atoms with E-state index < -0.39 is 0 Å². The number of likely N-dealkylation sites (tertiary alicyclic amines) is 1. The van der Waals surface area contributed by atoms with Crippen LogP contribution in [0, 0.1) is 11.8 Å². The maximum atomic E-state index is 11.4. The summed E-state index contributed by atoms with van der Waals surface area (Å²) in [6, 6.07) is 1.20. The summed E-state index contributed by atoms with van der Waals surface area (Å²) < 4.78 is 0. The topological polar surface area (TPSA) is 32.3 Å². The van der Waals surface area contributed by atoms with Gasteiger partial charge in [0.2, 0.25) is 5.91 Å². The zero-order chi connectivity index (χ0) is 13.2. The van der Waals surface area contributed by atoms with Crippen molar-refractivity contribution in [2.45, 2.75) is 70.4 Å². The molecular formula is C16H28N2O. The molecule has 1 saturated heterocycles. The van der Waals surface area contributed by atoms with Gasteiger partial charge in [0.05, 0.1) is 0 Å². The molecule has 0 aromatic rings. The van der Waals surface area contributed by atoms with Crippen LogP contribution in [0.4, 0.5) is 0 Å². The second-order valence-corrected chi connectivity index (χ2v) is 7.07. The van der Waals surface area contributed by atoms with Gasteiger partial charge in [0.15, 0.2) is 0 Å². The fourth-order valence-corrected chi connectivity index (χ4v) is 4.20. The number of carbonyl (C=O) groups is 1. The molecule has 3 fully saturated rings. The maximum Gasteiger partial charge on any atom is 0.217 e. The first kappa shape index (κ1) is 13.4. The molecule has 3 nitrogen and oxygen atoms in total. The summed E-state index contributed by atoms with van der Waals surface area (Å²) >= 11 is 0. The lowest BCUT2D eigenvalue weighted by Crippen LogP contribution is -2.53. The zero-order valence-electron chi connectivity index (χ0n) is 12.2. The Balaban J connectivity index is 1.60. The third kappa shape index (κ3) is 3.71. The zero-order valence-corrected chi connectivity index (χ0v) is 12.2. The summed E-state index contributed by atoms with van der Waals surface area (Å²) in [6.45, 7) is 4.03. The number of nitrogens with zero attached hydrogens (tertiary/aromatic N) is 1. The predicted molar refractivity (Wildman–Crippen MR) is 76.9 cm³/mol. The number of carbonyl (C=O) groups excluding carboxylic acids is 1. The van der Waals surface area contributed by atoms with Gasteiger partial charge in [0, 0.05) is 32.1 Å². The van der Waals surface area contributed by atoms with E-state index in [1.54, 1.807) is 6.92 Å². The molecular weight excluding hydrogens is 236 g/mol. The van der Waals surface area contributed by atoms with Crippen LogP contribution in [0.1, 0.15) is 58.3 Å². The summed E-state index contributed by atoms with van der Waals surface area (Å²) in [4.78, 5) is 14.1. The summed E-state index contributed by atoms with van der Waals surface area (Å²) in [7, 11) is 0. The van der Waals surface area contributed by atoms with Crippen LogP contribution in [0.15, 0.2) is 0 Å². The summed E-state index contributed by atoms with van der Waals surface area (Å²) in [5.74, 6) is 1.97. The summed E-state index contributed by atoms with van der Waals surface area (Å²) in [6.07, 6.45) is 11.1. The summed E-state index contributed by atoms with van der Waals surface area (Å²) in [5.41, 5.74) is 0. The molecule has 0 aromatic heterocycles. The lowest BCUT2D eigenvalue weighted by Gasteiger charge is -2.41. The van der Waals surface area contributed by atoms with E-state index >= 15 is 0 Å². The quantitative estimate of drug-likeness (QED) is 0.846. The van der Waals surface area contributed by atoms with E-state index in [-0.39, 0.29) is 5.91 Å². The molecule has 0 bridgehead atoms. The van der Waals surface area contributed by atoms with Crippen LogP contribution < -0.4 is 5.32 Å². The van der Waals surface area contributed by atoms with Gasteiger partial charge in [-0.25, -0.2) is 0 Å². The summed E-state index contributed by atoms with van der Waals surface area (Å²) in [5, 5.41) is 3.18. The number of amides is 1. The number of piperidine rings is 1. The molecule has 1 amide bonds. The monoisotopic (exact) mass is 264 g/mol. The maximum absolute atomic E-state index is 11.4. The second-order valence-electron chi connectivity index (χ2n) is 7.07. The van der Waals surface area contributed by atoms with Crippen molar-refractivity contribution >= 4 is 5.91 Å². The van der Waals surface area contributed by atoms with Crippen molar-refractivity contribution in [2.24, 2.45) is 11.8 Å². The molecule has 1 N–H and O–H groups in total. The minimum atomic E-state index is 0.142. The van der Waals surface area contributed by atoms with Crippen molar-refractivity contribution < 1.29 is 4.79 Å². The SMILES string of the molecule is CC(=O)NC1CC(CC2CC2)CN(C2CCCC2)C1. The van der Waals surface area contributed by atoms with Crippen LogP contribution in [-0.4, -0.2) is 36.0 Å². The van der Waals surface area contributed by atoms with E-state index in [9.17, 15) is 4.79 Å². The smallest absolute Gasteiger partial charge is 0.217 e. The third-order valence-corrected chi connectivity index (χ3v) is 5.18. The second kappa shape index (κ2) is 5.82. The fraction of sp³-hybridized carbons (Fsp3) is 0.938. The molecule has 108 valence electrons. The van der Waals surface area contributed by atoms with Gasteiger partial charge in [-0.3, -0.25) is 9.69 Å². The first-order chi connectivity index (χ1) is 9.20. The largest absolute Gasteiger partial charge is 0.352 e. The normalized spacial score (nSPS) is 33.5. The Morgan fingerprint density at radius 1 is 1.11 bits per heavy atom. The minimum Gasteiger partial charge on any atom is -0.352 e. The molecule has 19 heavy (non-hydrogen) atoms. The van der Waals surface area contributed by atoms with Crippen molar-refractivity contribution in [1.29, 1.82) is 0 Å². The molecule has 1 heterocycles. The van der Waals surface area contributed by atoms with Crippen molar-refractivity contribution in [3.05, 3.63) is 0 Å². The Kier molecular flexibility index (Phi) is 4.11. The van der Waals surface area contributed by atoms with E-state index in [4.69, 9.17) is 0 Å². The minimum absolute atomic E-state index is 0.142. The molecule has 3 heteroatoms. The van der Waals surface area contributed by atoms with E-state index in [2.05, 4.69) is 10.2 Å². The Morgan fingerprint density at radius 3 is 2.47 bits per heavy atom. The van der Waals surface area contributed by atoms with Gasteiger partial charge in [0.1, 0.15) is 0 Å². The first-order valence-corrected chi connectivity index (χ1v) is 8.22. The van der Waals surface area contributed by atoms with Gasteiger partial charge in [-0.2, -0.15) is 0 Å². The molecule has 0 spiro atoms. The molecule has 3 rings (SSSR count). The van der Waals surface area contributed by atoms with Crippen molar-refractivity contribution in [1.82, 2.24) is 10.2 Å². The number of hydrogen-bond acceptors (Lipinski definition) is 2. The van der Waals surface area contributed by atoms with Crippen LogP contribution >= 0.6 is 0 Å². The predicted octanol–water partition coefficient (Wildman–Crippen LogP) is 2.56. The Labute approximate surface area is 117 Å². The average molecular weight is 264 g/mol. The lowest BCUT2D eigenvalue weighted by molar-refractivity contribution is -0.120. The highest BCUT2D eigenvalue weighted by molar-refractivity contribution is 5.73. The van der Waals surface area contributed by atoms with Gasteiger partial charge in [0.25, 0.3) is 0 Å².